The van der Waals surface area contributed by atoms with Gasteiger partial charge in [0, 0.05) is 10.2 Å². The molecule has 0 N–H and O–H groups in total. The number of hydrogen-bond donors (Lipinski definition) is 1. The highest BCUT2D eigenvalue weighted by molar-refractivity contribution is 7.83. The fraction of sp³-hybridized carbons (Fsp3) is 0.333. The van der Waals surface area contributed by atoms with E-state index in [4.69, 9.17) is 0 Å². The van der Waals surface area contributed by atoms with Crippen LogP contribution in [-0.4, -0.2) is 10.2 Å². The van der Waals surface area contributed by atoms with Crippen molar-refractivity contribution in [1.82, 2.24) is 0 Å². The summed E-state index contributed by atoms with van der Waals surface area (Å²) in [6.07, 6.45) is 2.05. The van der Waals surface area contributed by atoms with Gasteiger partial charge in [-0.25, -0.2) is 0 Å². The van der Waals surface area contributed by atoms with Crippen molar-refractivity contribution in [2.45, 2.75) is 6.04 Å². The quantitative estimate of drug-likeness (QED) is 0.357. The molecule has 0 saturated carbocycles. The summed E-state index contributed by atoms with van der Waals surface area (Å²) in [6, 6.07) is 1.23. The first-order valence-corrected chi connectivity index (χ1v) is 3.64. The van der Waals surface area contributed by atoms with Crippen LogP contribution in [0.25, 0.3) is 0 Å². The second kappa shape index (κ2) is 4.31. The van der Waals surface area contributed by atoms with E-state index in [1.54, 1.807) is 5.41 Å². The average Bonchev–Trinajstić information content (AvgIpc) is 1.41. The van der Waals surface area contributed by atoms with Crippen LogP contribution in [0.1, 0.15) is 0 Å². The zero-order valence-electron chi connectivity index (χ0n) is 3.31. The van der Waals surface area contributed by atoms with E-state index in [-0.39, 0.29) is 0 Å². The highest BCUT2D eigenvalue weighted by atomic mass is 32.1. The minimum atomic E-state index is 1.23. The van der Waals surface area contributed by atoms with Crippen molar-refractivity contribution in [3.05, 3.63) is 11.5 Å². The van der Waals surface area contributed by atoms with Crippen LogP contribution in [0.4, 0.5) is 0 Å². The summed E-state index contributed by atoms with van der Waals surface area (Å²) in [5, 5.41) is 1.78. The standard InChI is InChI=1S/C3H8SSi/c4-2-1-3-5/h1-2,4H,3H2,5H3. The van der Waals surface area contributed by atoms with Gasteiger partial charge in [-0.15, -0.1) is 0 Å². The number of allylic oxidation sites excluding steroid dienone is 1. The lowest BCUT2D eigenvalue weighted by molar-refractivity contribution is 1.75. The monoisotopic (exact) mass is 104 g/mol. The molecule has 0 unspecified atom stereocenters. The van der Waals surface area contributed by atoms with Gasteiger partial charge in [-0.3, -0.25) is 0 Å². The van der Waals surface area contributed by atoms with E-state index >= 15 is 0 Å². The minimum Gasteiger partial charge on any atom is -0.152 e. The first kappa shape index (κ1) is 5.31. The summed E-state index contributed by atoms with van der Waals surface area (Å²) in [5.74, 6) is 0. The molecular weight excluding hydrogens is 96.2 g/mol. The lowest BCUT2D eigenvalue weighted by Gasteiger charge is -1.64. The Bertz CT molecular complexity index is 33.9. The van der Waals surface area contributed by atoms with Crippen LogP contribution in [0.3, 0.4) is 0 Å². The molecule has 30 valence electrons. The third-order valence-corrected chi connectivity index (χ3v) is 1.02. The molecule has 0 aromatic carbocycles. The average molecular weight is 104 g/mol. The molecule has 2 heteroatoms. The predicted octanol–water partition coefficient (Wildman–Crippen LogP) is 0.214. The molecule has 0 bridgehead atoms. The number of thiol groups is 1. The van der Waals surface area contributed by atoms with E-state index in [0.29, 0.717) is 0 Å². The van der Waals surface area contributed by atoms with E-state index in [9.17, 15) is 0 Å². The van der Waals surface area contributed by atoms with Crippen LogP contribution in [0.2, 0.25) is 6.04 Å². The van der Waals surface area contributed by atoms with E-state index in [1.165, 1.54) is 16.3 Å². The summed E-state index contributed by atoms with van der Waals surface area (Å²) in [5.41, 5.74) is 0. The predicted molar refractivity (Wildman–Crippen MR) is 32.9 cm³/mol. The zero-order chi connectivity index (χ0) is 4.12. The Morgan fingerprint density at radius 1 is 1.80 bits per heavy atom. The minimum absolute atomic E-state index is 1.23. The molecule has 0 aliphatic carbocycles. The van der Waals surface area contributed by atoms with Gasteiger partial charge in [0.1, 0.15) is 0 Å². The van der Waals surface area contributed by atoms with Gasteiger partial charge in [0.05, 0.1) is 0 Å². The molecule has 0 rings (SSSR count). The molecule has 0 heterocycles. The molecule has 0 radical (unpaired) electrons. The van der Waals surface area contributed by atoms with Crippen LogP contribution in [0.15, 0.2) is 11.5 Å². The van der Waals surface area contributed by atoms with Crippen LogP contribution in [-0.2, 0) is 0 Å². The van der Waals surface area contributed by atoms with E-state index in [0.717, 1.165) is 0 Å². The summed E-state index contributed by atoms with van der Waals surface area (Å²) < 4.78 is 0. The van der Waals surface area contributed by atoms with E-state index in [2.05, 4.69) is 18.7 Å². The van der Waals surface area contributed by atoms with Gasteiger partial charge in [0.25, 0.3) is 0 Å². The van der Waals surface area contributed by atoms with Gasteiger partial charge in [-0.05, 0) is 11.5 Å². The second-order valence-electron chi connectivity index (χ2n) is 0.793. The maximum atomic E-state index is 3.84. The molecule has 0 aromatic rings. The summed E-state index contributed by atoms with van der Waals surface area (Å²) in [7, 11) is 1.26. The van der Waals surface area contributed by atoms with E-state index < -0.39 is 0 Å². The Hall–Kier alpha value is 0.307. The topological polar surface area (TPSA) is 0 Å². The largest absolute Gasteiger partial charge is 0.152 e. The number of hydrogen-bond acceptors (Lipinski definition) is 1. The summed E-state index contributed by atoms with van der Waals surface area (Å²) >= 11 is 3.84. The van der Waals surface area contributed by atoms with Crippen molar-refractivity contribution in [2.75, 3.05) is 0 Å². The number of rotatable bonds is 1. The second-order valence-corrected chi connectivity index (χ2v) is 1.91. The normalized spacial score (nSPS) is 10.6. The molecule has 0 saturated heterocycles. The van der Waals surface area contributed by atoms with Crippen molar-refractivity contribution in [2.24, 2.45) is 0 Å². The van der Waals surface area contributed by atoms with Crippen molar-refractivity contribution < 1.29 is 0 Å². The molecule has 5 heavy (non-hydrogen) atoms. The lowest BCUT2D eigenvalue weighted by atomic mass is 10.8. The van der Waals surface area contributed by atoms with E-state index in [1.807, 2.05) is 0 Å². The smallest absolute Gasteiger partial charge is 0.00758 e. The molecule has 0 fully saturated rings. The molecular formula is C3H8SSi. The highest BCUT2D eigenvalue weighted by Crippen LogP contribution is 1.77. The lowest BCUT2D eigenvalue weighted by Crippen LogP contribution is -1.50. The summed E-state index contributed by atoms with van der Waals surface area (Å²) in [6.45, 7) is 0. The van der Waals surface area contributed by atoms with Gasteiger partial charge in [-0.2, -0.15) is 12.6 Å². The third-order valence-electron chi connectivity index (χ3n) is 0.341. The van der Waals surface area contributed by atoms with Crippen molar-refractivity contribution in [1.29, 1.82) is 0 Å². The van der Waals surface area contributed by atoms with Crippen molar-refractivity contribution >= 4 is 22.9 Å². The van der Waals surface area contributed by atoms with Gasteiger partial charge >= 0.3 is 0 Å². The molecule has 0 aromatic heterocycles. The van der Waals surface area contributed by atoms with Crippen LogP contribution < -0.4 is 0 Å². The molecule has 0 aliphatic rings. The maximum Gasteiger partial charge on any atom is 0.00758 e. The fourth-order valence-corrected chi connectivity index (χ4v) is 0.949. The summed E-state index contributed by atoms with van der Waals surface area (Å²) in [4.78, 5) is 0. The molecule has 0 atom stereocenters. The Kier molecular flexibility index (Phi) is 4.57. The van der Waals surface area contributed by atoms with Gasteiger partial charge < -0.3 is 0 Å². The third kappa shape index (κ3) is 4.31. The van der Waals surface area contributed by atoms with Crippen molar-refractivity contribution in [3.8, 4) is 0 Å². The van der Waals surface area contributed by atoms with Crippen LogP contribution >= 0.6 is 12.6 Å². The van der Waals surface area contributed by atoms with Crippen molar-refractivity contribution in [3.63, 3.8) is 0 Å². The first-order valence-electron chi connectivity index (χ1n) is 1.71. The zero-order valence-corrected chi connectivity index (χ0v) is 6.20. The van der Waals surface area contributed by atoms with Gasteiger partial charge in [0.15, 0.2) is 0 Å². The Morgan fingerprint density at radius 3 is 2.40 bits per heavy atom. The molecule has 0 amide bonds. The molecule has 0 aliphatic heterocycles. The first-order chi connectivity index (χ1) is 2.41. The Balaban J connectivity index is 2.62. The molecule has 0 spiro atoms. The Labute approximate surface area is 41.1 Å². The fourth-order valence-electron chi connectivity index (χ4n) is 0.105. The Morgan fingerprint density at radius 2 is 2.40 bits per heavy atom. The molecule has 0 nitrogen and oxygen atoms in total. The SMILES string of the molecule is [SiH3]CC=CS. The van der Waals surface area contributed by atoms with Gasteiger partial charge in [0.2, 0.25) is 0 Å². The van der Waals surface area contributed by atoms with Crippen LogP contribution in [0.5, 0.6) is 0 Å². The highest BCUT2D eigenvalue weighted by Gasteiger charge is 1.53. The van der Waals surface area contributed by atoms with Gasteiger partial charge in [-0.1, -0.05) is 6.08 Å². The van der Waals surface area contributed by atoms with Crippen LogP contribution in [0, 0.1) is 0 Å². The maximum absolute atomic E-state index is 3.84.